The summed E-state index contributed by atoms with van der Waals surface area (Å²) >= 11 is 0. The predicted molar refractivity (Wildman–Crippen MR) is 257 cm³/mol. The zero-order chi connectivity index (χ0) is 40.3. The van der Waals surface area contributed by atoms with Crippen LogP contribution in [0.1, 0.15) is 22.9 Å². The summed E-state index contributed by atoms with van der Waals surface area (Å²) in [6.45, 7) is 0. The number of aliphatic imine (C=N–C) groups is 1. The van der Waals surface area contributed by atoms with E-state index in [1.807, 2.05) is 6.07 Å². The summed E-state index contributed by atoms with van der Waals surface area (Å²) in [5.41, 5.74) is 13.8. The molecule has 3 nitrogen and oxygen atoms in total. The van der Waals surface area contributed by atoms with Crippen molar-refractivity contribution in [1.82, 2.24) is 9.88 Å². The Morgan fingerprint density at radius 2 is 0.934 bits per heavy atom. The van der Waals surface area contributed by atoms with Crippen LogP contribution in [-0.4, -0.2) is 10.3 Å². The summed E-state index contributed by atoms with van der Waals surface area (Å²) in [4.78, 5) is 5.22. The van der Waals surface area contributed by atoms with Crippen molar-refractivity contribution in [2.75, 3.05) is 0 Å². The molecule has 3 heteroatoms. The van der Waals surface area contributed by atoms with E-state index in [1.165, 1.54) is 76.4 Å². The van der Waals surface area contributed by atoms with E-state index in [0.717, 1.165) is 33.8 Å². The lowest BCUT2D eigenvalue weighted by atomic mass is 9.95. The molecule has 0 fully saturated rings. The van der Waals surface area contributed by atoms with E-state index in [2.05, 4.69) is 228 Å². The van der Waals surface area contributed by atoms with Crippen molar-refractivity contribution < 1.29 is 0 Å². The van der Waals surface area contributed by atoms with Crippen molar-refractivity contribution in [1.29, 1.82) is 0 Å². The molecule has 0 bridgehead atoms. The van der Waals surface area contributed by atoms with Gasteiger partial charge in [-0.2, -0.15) is 0 Å². The standard InChI is InChI=1S/C58H39N3/c1-3-12-40(13-4-1)53-37-54(60-58(59-53)42-14-5-2-6-15-42)41-25-29-50(30-26-41)61-55-18-10-9-17-52(55)57-51-31-27-47(34-48(51)28-32-56(57)61)46-24-21-39-20-23-45(35-49(39)36-46)44-22-19-38-11-7-8-16-43(38)33-44/h1-37,58-59H. The molecule has 1 unspecified atom stereocenters. The molecule has 0 saturated heterocycles. The number of nitrogens with zero attached hydrogens (tertiary/aromatic N) is 2. The molecule has 0 radical (unpaired) electrons. The Kier molecular flexibility index (Phi) is 8.24. The molecule has 0 amide bonds. The predicted octanol–water partition coefficient (Wildman–Crippen LogP) is 14.7. The van der Waals surface area contributed by atoms with Crippen molar-refractivity contribution in [3.8, 4) is 27.9 Å². The average molecular weight is 778 g/mol. The van der Waals surface area contributed by atoms with E-state index in [9.17, 15) is 0 Å². The van der Waals surface area contributed by atoms with E-state index < -0.39 is 0 Å². The normalized spacial score (nSPS) is 14.1. The SMILES string of the molecule is C1=C(c2ccccc2)NC(c2ccccc2)N=C1c1ccc(-n2c3ccccc3c3c4ccc(-c5ccc6ccc(-c7ccc8ccccc8c7)cc6c5)cc4ccc32)cc1. The zero-order valence-corrected chi connectivity index (χ0v) is 33.3. The van der Waals surface area contributed by atoms with E-state index in [4.69, 9.17) is 4.99 Å². The van der Waals surface area contributed by atoms with Gasteiger partial charge in [0, 0.05) is 22.2 Å². The Bertz CT molecular complexity index is 3540. The second-order valence-corrected chi connectivity index (χ2v) is 16.0. The maximum Gasteiger partial charge on any atom is 0.145 e. The van der Waals surface area contributed by atoms with Crippen molar-refractivity contribution in [3.05, 3.63) is 241 Å². The van der Waals surface area contributed by atoms with Crippen molar-refractivity contribution in [3.63, 3.8) is 0 Å². The van der Waals surface area contributed by atoms with Crippen LogP contribution in [0.15, 0.2) is 229 Å². The van der Waals surface area contributed by atoms with Gasteiger partial charge in [-0.1, -0.05) is 170 Å². The topological polar surface area (TPSA) is 29.3 Å². The number of para-hydroxylation sites is 1. The van der Waals surface area contributed by atoms with E-state index >= 15 is 0 Å². The third kappa shape index (κ3) is 6.18. The zero-order valence-electron chi connectivity index (χ0n) is 33.3. The van der Waals surface area contributed by atoms with Crippen LogP contribution < -0.4 is 5.32 Å². The molecular formula is C58H39N3. The number of aromatic nitrogens is 1. The number of hydrogen-bond donors (Lipinski definition) is 1. The number of allylic oxidation sites excluding steroid dienone is 1. The number of fused-ring (bicyclic) bond motifs is 7. The monoisotopic (exact) mass is 777 g/mol. The summed E-state index contributed by atoms with van der Waals surface area (Å²) in [6, 6.07) is 79.1. The number of nitrogens with one attached hydrogen (secondary N) is 1. The summed E-state index contributed by atoms with van der Waals surface area (Å²) in [7, 11) is 0. The van der Waals surface area contributed by atoms with Crippen LogP contribution in [-0.2, 0) is 0 Å². The highest BCUT2D eigenvalue weighted by Gasteiger charge is 2.20. The second-order valence-electron chi connectivity index (χ2n) is 16.0. The lowest BCUT2D eigenvalue weighted by Gasteiger charge is -2.25. The summed E-state index contributed by atoms with van der Waals surface area (Å²) in [6.07, 6.45) is 1.99. The molecule has 1 aliphatic rings. The fourth-order valence-electron chi connectivity index (χ4n) is 9.28. The lowest BCUT2D eigenvalue weighted by molar-refractivity contribution is 0.664. The molecule has 12 rings (SSSR count). The number of rotatable bonds is 6. The van der Waals surface area contributed by atoms with Gasteiger partial charge in [0.05, 0.1) is 16.7 Å². The highest BCUT2D eigenvalue weighted by molar-refractivity contribution is 6.22. The Morgan fingerprint density at radius 3 is 1.67 bits per heavy atom. The van der Waals surface area contributed by atoms with Crippen LogP contribution >= 0.6 is 0 Å². The summed E-state index contributed by atoms with van der Waals surface area (Å²) in [5, 5.41) is 13.7. The molecule has 0 aliphatic carbocycles. The van der Waals surface area contributed by atoms with Crippen molar-refractivity contribution in [2.24, 2.45) is 4.99 Å². The van der Waals surface area contributed by atoms with Gasteiger partial charge < -0.3 is 9.88 Å². The van der Waals surface area contributed by atoms with Crippen LogP contribution in [0.2, 0.25) is 0 Å². The minimum atomic E-state index is -0.183. The molecule has 2 heterocycles. The van der Waals surface area contributed by atoms with Crippen LogP contribution in [0.3, 0.4) is 0 Å². The molecule has 10 aromatic carbocycles. The lowest BCUT2D eigenvalue weighted by Crippen LogP contribution is -2.24. The first-order chi connectivity index (χ1) is 30.2. The fraction of sp³-hybridized carbons (Fsp3) is 0.0172. The molecule has 0 spiro atoms. The molecule has 286 valence electrons. The smallest absolute Gasteiger partial charge is 0.145 e. The Labute approximate surface area is 354 Å². The van der Waals surface area contributed by atoms with Gasteiger partial charge in [-0.15, -0.1) is 0 Å². The quantitative estimate of drug-likeness (QED) is 0.179. The Hall–Kier alpha value is -8.01. The van der Waals surface area contributed by atoms with Crippen LogP contribution in [0.4, 0.5) is 0 Å². The van der Waals surface area contributed by atoms with Crippen LogP contribution in [0, 0.1) is 0 Å². The van der Waals surface area contributed by atoms with E-state index in [0.29, 0.717) is 0 Å². The minimum absolute atomic E-state index is 0.183. The maximum atomic E-state index is 5.22. The van der Waals surface area contributed by atoms with Gasteiger partial charge in [0.2, 0.25) is 0 Å². The molecule has 1 atom stereocenters. The van der Waals surface area contributed by atoms with Gasteiger partial charge in [0.1, 0.15) is 6.17 Å². The fourth-order valence-corrected chi connectivity index (χ4v) is 9.28. The van der Waals surface area contributed by atoms with Gasteiger partial charge in [0.15, 0.2) is 0 Å². The van der Waals surface area contributed by atoms with Gasteiger partial charge in [-0.05, 0) is 126 Å². The van der Waals surface area contributed by atoms with E-state index in [-0.39, 0.29) is 6.17 Å². The number of hydrogen-bond acceptors (Lipinski definition) is 2. The van der Waals surface area contributed by atoms with E-state index in [1.54, 1.807) is 0 Å². The van der Waals surface area contributed by atoms with Crippen molar-refractivity contribution >= 4 is 65.5 Å². The van der Waals surface area contributed by atoms with Gasteiger partial charge in [-0.25, -0.2) is 0 Å². The highest BCUT2D eigenvalue weighted by Crippen LogP contribution is 2.39. The van der Waals surface area contributed by atoms with Crippen LogP contribution in [0.25, 0.3) is 87.8 Å². The molecular weight excluding hydrogens is 739 g/mol. The Balaban J connectivity index is 0.910. The first-order valence-electron chi connectivity index (χ1n) is 21.0. The summed E-state index contributed by atoms with van der Waals surface area (Å²) < 4.78 is 2.40. The van der Waals surface area contributed by atoms with Crippen molar-refractivity contribution in [2.45, 2.75) is 6.17 Å². The third-order valence-electron chi connectivity index (χ3n) is 12.4. The highest BCUT2D eigenvalue weighted by atomic mass is 15.1. The minimum Gasteiger partial charge on any atom is -0.360 e. The maximum absolute atomic E-state index is 5.22. The third-order valence-corrected chi connectivity index (χ3v) is 12.4. The average Bonchev–Trinajstić information content (AvgIpc) is 3.68. The Morgan fingerprint density at radius 1 is 0.377 bits per heavy atom. The molecule has 1 N–H and O–H groups in total. The molecule has 11 aromatic rings. The molecule has 61 heavy (non-hydrogen) atoms. The molecule has 1 aliphatic heterocycles. The first-order valence-corrected chi connectivity index (χ1v) is 21.0. The second kappa shape index (κ2) is 14.4. The van der Waals surface area contributed by atoms with Gasteiger partial charge >= 0.3 is 0 Å². The largest absolute Gasteiger partial charge is 0.360 e. The first kappa shape index (κ1) is 35.0. The summed E-state index contributed by atoms with van der Waals surface area (Å²) in [5.74, 6) is 0. The van der Waals surface area contributed by atoms with Gasteiger partial charge in [-0.3, -0.25) is 4.99 Å². The number of benzene rings is 10. The molecule has 1 aromatic heterocycles. The molecule has 0 saturated carbocycles. The van der Waals surface area contributed by atoms with Crippen LogP contribution in [0.5, 0.6) is 0 Å². The van der Waals surface area contributed by atoms with Gasteiger partial charge in [0.25, 0.3) is 0 Å².